The highest BCUT2D eigenvalue weighted by atomic mass is 32.2. The monoisotopic (exact) mass is 533 g/mol. The molecule has 3 N–H and O–H groups in total. The molecule has 38 heavy (non-hydrogen) atoms. The highest BCUT2D eigenvalue weighted by Gasteiger charge is 2.27. The molecular weight excluding hydrogens is 506 g/mol. The van der Waals surface area contributed by atoms with E-state index in [4.69, 9.17) is 4.74 Å². The Labute approximate surface area is 220 Å². The van der Waals surface area contributed by atoms with Gasteiger partial charge in [0.2, 0.25) is 5.91 Å². The highest BCUT2D eigenvalue weighted by Crippen LogP contribution is 2.21. The molecule has 11 heteroatoms. The number of rotatable bonds is 9. The molecule has 1 aromatic heterocycles. The zero-order valence-electron chi connectivity index (χ0n) is 20.8. The van der Waals surface area contributed by atoms with Crippen LogP contribution in [0.5, 0.6) is 5.75 Å². The number of nitrogens with one attached hydrogen (secondary N) is 3. The first kappa shape index (κ1) is 26.4. The van der Waals surface area contributed by atoms with Crippen molar-refractivity contribution in [2.75, 3.05) is 23.8 Å². The largest absolute Gasteiger partial charge is 0.497 e. The van der Waals surface area contributed by atoms with Gasteiger partial charge in [0.05, 0.1) is 7.11 Å². The summed E-state index contributed by atoms with van der Waals surface area (Å²) in [4.78, 5) is 31.7. The van der Waals surface area contributed by atoms with Crippen LogP contribution < -0.4 is 24.4 Å². The van der Waals surface area contributed by atoms with Crippen LogP contribution in [0, 0.1) is 0 Å². The van der Waals surface area contributed by atoms with E-state index in [0.717, 1.165) is 10.9 Å². The Kier molecular flexibility index (Phi) is 8.07. The number of likely N-dealkylation sites (N-methyl/N-ethyl adjacent to an activating group) is 1. The first-order valence-corrected chi connectivity index (χ1v) is 13.1. The summed E-state index contributed by atoms with van der Waals surface area (Å²) in [5, 5.41) is 3.86. The molecular formula is C27H27N5O5S. The van der Waals surface area contributed by atoms with Gasteiger partial charge in [-0.2, -0.15) is 8.42 Å². The molecule has 0 saturated carbocycles. The van der Waals surface area contributed by atoms with Crippen LogP contribution in [0.1, 0.15) is 5.56 Å². The first-order valence-electron chi connectivity index (χ1n) is 11.7. The zero-order valence-corrected chi connectivity index (χ0v) is 21.6. The maximum atomic E-state index is 13.4. The van der Waals surface area contributed by atoms with Gasteiger partial charge < -0.3 is 15.0 Å². The van der Waals surface area contributed by atoms with E-state index in [1.807, 2.05) is 47.2 Å². The fourth-order valence-corrected chi connectivity index (χ4v) is 4.65. The Morgan fingerprint density at radius 3 is 2.34 bits per heavy atom. The summed E-state index contributed by atoms with van der Waals surface area (Å²) in [6.45, 7) is 0. The van der Waals surface area contributed by atoms with Crippen LogP contribution >= 0.6 is 0 Å². The number of aromatic nitrogens is 1. The second kappa shape index (κ2) is 11.6. The standard InChI is InChI=1S/C27H27N5O5S/c1-32(21-12-14-22(37-2)15-13-21)26(33)24(18-19-8-4-3-5-9-19)29-27(34)31-38(35,36)30-25-23-11-7-6-10-20(23)16-17-28-25/h3-17,24H,18H2,1-2H3,(H,28,30)(H2,29,31,34)/t24-/m0/s1. The summed E-state index contributed by atoms with van der Waals surface area (Å²) in [5.74, 6) is 0.265. The number of amides is 3. The van der Waals surface area contributed by atoms with Gasteiger partial charge in [-0.05, 0) is 41.3 Å². The fraction of sp³-hybridized carbons (Fsp3) is 0.148. The quantitative estimate of drug-likeness (QED) is 0.302. The number of fused-ring (bicyclic) bond motifs is 1. The highest BCUT2D eigenvalue weighted by molar-refractivity contribution is 7.91. The van der Waals surface area contributed by atoms with Crippen molar-refractivity contribution in [2.45, 2.75) is 12.5 Å². The zero-order chi connectivity index (χ0) is 27.1. The van der Waals surface area contributed by atoms with Crippen LogP contribution in [0.2, 0.25) is 0 Å². The molecule has 0 bridgehead atoms. The number of carbonyl (C=O) groups excluding carboxylic acids is 2. The Bertz CT molecular complexity index is 1520. The predicted octanol–water partition coefficient (Wildman–Crippen LogP) is 3.47. The van der Waals surface area contributed by atoms with Gasteiger partial charge in [-0.1, -0.05) is 54.6 Å². The number of carbonyl (C=O) groups is 2. The Morgan fingerprint density at radius 2 is 1.63 bits per heavy atom. The Hall–Kier alpha value is -4.64. The van der Waals surface area contributed by atoms with Gasteiger partial charge in [-0.3, -0.25) is 4.79 Å². The smallest absolute Gasteiger partial charge is 0.330 e. The summed E-state index contributed by atoms with van der Waals surface area (Å²) in [6.07, 6.45) is 1.61. The maximum absolute atomic E-state index is 13.4. The Morgan fingerprint density at radius 1 is 0.947 bits per heavy atom. The normalized spacial score (nSPS) is 11.8. The van der Waals surface area contributed by atoms with E-state index in [1.54, 1.807) is 56.6 Å². The minimum Gasteiger partial charge on any atom is -0.497 e. The number of anilines is 2. The van der Waals surface area contributed by atoms with Gasteiger partial charge in [0.25, 0.3) is 0 Å². The molecule has 3 amide bonds. The van der Waals surface area contributed by atoms with Crippen LogP contribution in [0.3, 0.4) is 0 Å². The van der Waals surface area contributed by atoms with E-state index in [2.05, 4.69) is 15.0 Å². The summed E-state index contributed by atoms with van der Waals surface area (Å²) < 4.78 is 34.9. The molecule has 1 heterocycles. The number of pyridine rings is 1. The molecule has 0 radical (unpaired) electrons. The lowest BCUT2D eigenvalue weighted by Gasteiger charge is -2.25. The number of hydrogen-bond acceptors (Lipinski definition) is 6. The SMILES string of the molecule is COc1ccc(N(C)C(=O)[C@H](Cc2ccccc2)NC(=O)NS(=O)(=O)Nc2nccc3ccccc23)cc1. The van der Waals surface area contributed by atoms with E-state index in [9.17, 15) is 18.0 Å². The molecule has 0 aliphatic rings. The molecule has 0 fully saturated rings. The number of nitrogens with zero attached hydrogens (tertiary/aromatic N) is 2. The molecule has 0 aliphatic heterocycles. The lowest BCUT2D eigenvalue weighted by molar-refractivity contribution is -0.120. The minimum absolute atomic E-state index is 0.0690. The molecule has 0 spiro atoms. The second-order valence-electron chi connectivity index (χ2n) is 8.40. The molecule has 196 valence electrons. The summed E-state index contributed by atoms with van der Waals surface area (Å²) in [7, 11) is -1.24. The molecule has 4 rings (SSSR count). The van der Waals surface area contributed by atoms with E-state index in [-0.39, 0.29) is 12.2 Å². The third kappa shape index (κ3) is 6.56. The topological polar surface area (TPSA) is 130 Å². The van der Waals surface area contributed by atoms with Gasteiger partial charge in [0.15, 0.2) is 0 Å². The van der Waals surface area contributed by atoms with Crippen molar-refractivity contribution in [3.05, 3.63) is 96.7 Å². The third-order valence-electron chi connectivity index (χ3n) is 5.81. The number of benzene rings is 3. The van der Waals surface area contributed by atoms with E-state index in [1.165, 1.54) is 11.1 Å². The van der Waals surface area contributed by atoms with Crippen LogP contribution in [-0.4, -0.2) is 45.5 Å². The van der Waals surface area contributed by atoms with Crippen molar-refractivity contribution >= 4 is 44.4 Å². The molecule has 0 unspecified atom stereocenters. The molecule has 1 atom stereocenters. The van der Waals surface area contributed by atoms with Gasteiger partial charge in [-0.15, -0.1) is 0 Å². The number of ether oxygens (including phenoxy) is 1. The van der Waals surface area contributed by atoms with E-state index < -0.39 is 28.2 Å². The minimum atomic E-state index is -4.36. The number of methoxy groups -OCH3 is 1. The van der Waals surface area contributed by atoms with E-state index >= 15 is 0 Å². The van der Waals surface area contributed by atoms with Crippen molar-refractivity contribution in [2.24, 2.45) is 0 Å². The van der Waals surface area contributed by atoms with Gasteiger partial charge in [-0.25, -0.2) is 19.2 Å². The fourth-order valence-electron chi connectivity index (χ4n) is 3.88. The van der Waals surface area contributed by atoms with E-state index in [0.29, 0.717) is 16.8 Å². The van der Waals surface area contributed by atoms with Crippen molar-refractivity contribution in [3.8, 4) is 5.75 Å². The number of urea groups is 1. The third-order valence-corrected chi connectivity index (χ3v) is 6.72. The molecule has 0 aliphatic carbocycles. The average molecular weight is 534 g/mol. The lowest BCUT2D eigenvalue weighted by Crippen LogP contribution is -2.53. The number of hydrogen-bond donors (Lipinski definition) is 3. The lowest BCUT2D eigenvalue weighted by atomic mass is 10.0. The summed E-state index contributed by atoms with van der Waals surface area (Å²) in [5.41, 5.74) is 1.36. The van der Waals surface area contributed by atoms with Crippen LogP contribution in [0.4, 0.5) is 16.3 Å². The Balaban J connectivity index is 1.51. The van der Waals surface area contributed by atoms with Crippen LogP contribution in [-0.2, 0) is 21.4 Å². The second-order valence-corrected chi connectivity index (χ2v) is 9.81. The van der Waals surface area contributed by atoms with Gasteiger partial charge >= 0.3 is 16.2 Å². The molecule has 3 aromatic carbocycles. The average Bonchev–Trinajstić information content (AvgIpc) is 2.92. The molecule has 10 nitrogen and oxygen atoms in total. The predicted molar refractivity (Wildman–Crippen MR) is 146 cm³/mol. The summed E-state index contributed by atoms with van der Waals surface area (Å²) in [6, 6.07) is 22.7. The van der Waals surface area contributed by atoms with Gasteiger partial charge in [0, 0.05) is 30.7 Å². The van der Waals surface area contributed by atoms with Crippen LogP contribution in [0.15, 0.2) is 91.1 Å². The van der Waals surface area contributed by atoms with Crippen molar-refractivity contribution in [3.63, 3.8) is 0 Å². The van der Waals surface area contributed by atoms with Crippen molar-refractivity contribution in [1.82, 2.24) is 15.0 Å². The van der Waals surface area contributed by atoms with Crippen molar-refractivity contribution < 1.29 is 22.7 Å². The van der Waals surface area contributed by atoms with Crippen LogP contribution in [0.25, 0.3) is 10.8 Å². The molecule has 4 aromatic rings. The summed E-state index contributed by atoms with van der Waals surface area (Å²) >= 11 is 0. The maximum Gasteiger partial charge on any atom is 0.330 e. The molecule has 0 saturated heterocycles. The first-order chi connectivity index (χ1) is 18.3. The van der Waals surface area contributed by atoms with Crippen molar-refractivity contribution in [1.29, 1.82) is 0 Å². The van der Waals surface area contributed by atoms with Gasteiger partial charge in [0.1, 0.15) is 17.6 Å².